The molecule has 1 fully saturated rings. The molecule has 0 aliphatic heterocycles. The molecule has 1 N–H and O–H groups in total. The van der Waals surface area contributed by atoms with E-state index in [-0.39, 0.29) is 0 Å². The third-order valence-corrected chi connectivity index (χ3v) is 3.69. The molecule has 4 heteroatoms. The van der Waals surface area contributed by atoms with Crippen LogP contribution in [0.3, 0.4) is 0 Å². The van der Waals surface area contributed by atoms with Crippen molar-refractivity contribution in [3.63, 3.8) is 0 Å². The lowest BCUT2D eigenvalue weighted by Gasteiger charge is -2.42. The summed E-state index contributed by atoms with van der Waals surface area (Å²) in [4.78, 5) is 4.39. The van der Waals surface area contributed by atoms with Crippen molar-refractivity contribution in [2.45, 2.75) is 46.1 Å². The van der Waals surface area contributed by atoms with Gasteiger partial charge in [-0.3, -0.25) is 4.68 Å². The summed E-state index contributed by atoms with van der Waals surface area (Å²) in [7, 11) is 0. The largest absolute Gasteiger partial charge is 0.316 e. The van der Waals surface area contributed by atoms with E-state index < -0.39 is 0 Å². The molecule has 1 saturated carbocycles. The van der Waals surface area contributed by atoms with Crippen molar-refractivity contribution in [3.05, 3.63) is 12.2 Å². The van der Waals surface area contributed by atoms with Crippen molar-refractivity contribution in [3.8, 4) is 0 Å². The number of nitrogens with one attached hydrogen (secondary N) is 1. The Morgan fingerprint density at radius 1 is 1.44 bits per heavy atom. The molecule has 0 aromatic carbocycles. The lowest BCUT2D eigenvalue weighted by atomic mass is 9.66. The first-order valence-corrected chi connectivity index (χ1v) is 6.37. The van der Waals surface area contributed by atoms with Crippen LogP contribution in [-0.2, 0) is 13.0 Å². The molecule has 0 unspecified atom stereocenters. The molecule has 1 aromatic heterocycles. The molecule has 16 heavy (non-hydrogen) atoms. The maximum absolute atomic E-state index is 4.39. The highest BCUT2D eigenvalue weighted by atomic mass is 15.3. The van der Waals surface area contributed by atoms with Gasteiger partial charge in [0, 0.05) is 19.5 Å². The summed E-state index contributed by atoms with van der Waals surface area (Å²) in [5.74, 6) is 1.15. The van der Waals surface area contributed by atoms with Crippen molar-refractivity contribution < 1.29 is 0 Å². The van der Waals surface area contributed by atoms with Crippen LogP contribution >= 0.6 is 0 Å². The zero-order chi connectivity index (χ0) is 11.4. The Hall–Kier alpha value is -0.900. The molecule has 1 aliphatic carbocycles. The molecule has 0 radical (unpaired) electrons. The number of hydrogen-bond donors (Lipinski definition) is 1. The molecular formula is C12H22N4. The molecule has 1 aliphatic rings. The summed E-state index contributed by atoms with van der Waals surface area (Å²) in [6, 6.07) is 0. The van der Waals surface area contributed by atoms with Crippen LogP contribution in [0.2, 0.25) is 0 Å². The highest BCUT2D eigenvalue weighted by molar-refractivity contribution is 4.99. The van der Waals surface area contributed by atoms with Gasteiger partial charge in [0.15, 0.2) is 0 Å². The lowest BCUT2D eigenvalue weighted by Crippen LogP contribution is -2.42. The molecule has 2 rings (SSSR count). The van der Waals surface area contributed by atoms with E-state index in [1.54, 1.807) is 6.33 Å². The van der Waals surface area contributed by atoms with E-state index in [0.29, 0.717) is 5.41 Å². The molecule has 0 saturated heterocycles. The van der Waals surface area contributed by atoms with Crippen LogP contribution in [0.1, 0.15) is 38.9 Å². The molecular weight excluding hydrogens is 200 g/mol. The van der Waals surface area contributed by atoms with E-state index in [9.17, 15) is 0 Å². The van der Waals surface area contributed by atoms with Gasteiger partial charge in [-0.15, -0.1) is 0 Å². The molecule has 0 amide bonds. The van der Waals surface area contributed by atoms with Crippen molar-refractivity contribution in [2.24, 2.45) is 5.41 Å². The molecule has 1 aromatic rings. The first kappa shape index (κ1) is 11.6. The van der Waals surface area contributed by atoms with Crippen LogP contribution < -0.4 is 5.32 Å². The Balaban J connectivity index is 2.01. The summed E-state index contributed by atoms with van der Waals surface area (Å²) in [5, 5.41) is 7.73. The minimum atomic E-state index is 0.454. The number of nitrogens with zero attached hydrogens (tertiary/aromatic N) is 3. The van der Waals surface area contributed by atoms with Gasteiger partial charge in [-0.2, -0.15) is 5.10 Å². The third-order valence-electron chi connectivity index (χ3n) is 3.69. The summed E-state index contributed by atoms with van der Waals surface area (Å²) in [6.45, 7) is 7.39. The number of rotatable bonds is 6. The van der Waals surface area contributed by atoms with E-state index in [4.69, 9.17) is 0 Å². The quantitative estimate of drug-likeness (QED) is 0.795. The summed E-state index contributed by atoms with van der Waals surface area (Å²) in [6.07, 6.45) is 6.78. The van der Waals surface area contributed by atoms with Gasteiger partial charge in [-0.25, -0.2) is 4.98 Å². The molecule has 1 heterocycles. The van der Waals surface area contributed by atoms with Crippen LogP contribution in [0, 0.1) is 5.41 Å². The Morgan fingerprint density at radius 3 is 2.81 bits per heavy atom. The fourth-order valence-electron chi connectivity index (χ4n) is 2.51. The summed E-state index contributed by atoms with van der Waals surface area (Å²) < 4.78 is 2.02. The predicted molar refractivity (Wildman–Crippen MR) is 64.2 cm³/mol. The zero-order valence-electron chi connectivity index (χ0n) is 10.4. The Bertz CT molecular complexity index is 328. The standard InChI is InChI=1S/C12H22N4/c1-3-13-9-12(6-5-7-12)8-11-14-10-15-16(11)4-2/h10,13H,3-9H2,1-2H3. The van der Waals surface area contributed by atoms with Gasteiger partial charge >= 0.3 is 0 Å². The molecule has 4 nitrogen and oxygen atoms in total. The van der Waals surface area contributed by atoms with Crippen molar-refractivity contribution >= 4 is 0 Å². The summed E-state index contributed by atoms with van der Waals surface area (Å²) in [5.41, 5.74) is 0.454. The Kier molecular flexibility index (Phi) is 3.59. The predicted octanol–water partition coefficient (Wildman–Crippen LogP) is 1.62. The fourth-order valence-corrected chi connectivity index (χ4v) is 2.51. The SMILES string of the molecule is CCNCC1(Cc2ncnn2CC)CCC1. The Morgan fingerprint density at radius 2 is 2.25 bits per heavy atom. The second-order valence-corrected chi connectivity index (χ2v) is 4.80. The van der Waals surface area contributed by atoms with E-state index >= 15 is 0 Å². The number of aryl methyl sites for hydroxylation is 1. The van der Waals surface area contributed by atoms with Gasteiger partial charge in [0.2, 0.25) is 0 Å². The molecule has 0 spiro atoms. The van der Waals surface area contributed by atoms with Crippen LogP contribution in [0.5, 0.6) is 0 Å². The van der Waals surface area contributed by atoms with Gasteiger partial charge in [0.25, 0.3) is 0 Å². The van der Waals surface area contributed by atoms with E-state index in [0.717, 1.165) is 31.9 Å². The van der Waals surface area contributed by atoms with Crippen LogP contribution in [0.25, 0.3) is 0 Å². The monoisotopic (exact) mass is 222 g/mol. The third kappa shape index (κ3) is 2.26. The smallest absolute Gasteiger partial charge is 0.138 e. The molecule has 90 valence electrons. The van der Waals surface area contributed by atoms with Gasteiger partial charge in [0.05, 0.1) is 0 Å². The topological polar surface area (TPSA) is 42.7 Å². The maximum atomic E-state index is 4.39. The molecule has 0 atom stereocenters. The fraction of sp³-hybridized carbons (Fsp3) is 0.833. The minimum Gasteiger partial charge on any atom is -0.316 e. The van der Waals surface area contributed by atoms with E-state index in [2.05, 4.69) is 29.2 Å². The number of hydrogen-bond acceptors (Lipinski definition) is 3. The van der Waals surface area contributed by atoms with Crippen molar-refractivity contribution in [1.82, 2.24) is 20.1 Å². The zero-order valence-corrected chi connectivity index (χ0v) is 10.4. The number of aromatic nitrogens is 3. The molecule has 0 bridgehead atoms. The van der Waals surface area contributed by atoms with Crippen molar-refractivity contribution in [2.75, 3.05) is 13.1 Å². The highest BCUT2D eigenvalue weighted by Gasteiger charge is 2.37. The van der Waals surface area contributed by atoms with Crippen LogP contribution in [-0.4, -0.2) is 27.9 Å². The van der Waals surface area contributed by atoms with Crippen LogP contribution in [0.15, 0.2) is 6.33 Å². The van der Waals surface area contributed by atoms with Gasteiger partial charge in [0.1, 0.15) is 12.2 Å². The lowest BCUT2D eigenvalue weighted by molar-refractivity contribution is 0.126. The minimum absolute atomic E-state index is 0.454. The second kappa shape index (κ2) is 4.95. The first-order valence-electron chi connectivity index (χ1n) is 6.37. The van der Waals surface area contributed by atoms with Crippen molar-refractivity contribution in [1.29, 1.82) is 0 Å². The van der Waals surface area contributed by atoms with Gasteiger partial charge in [-0.1, -0.05) is 13.3 Å². The normalized spacial score (nSPS) is 18.4. The summed E-state index contributed by atoms with van der Waals surface area (Å²) >= 11 is 0. The average molecular weight is 222 g/mol. The second-order valence-electron chi connectivity index (χ2n) is 4.80. The Labute approximate surface area is 97.5 Å². The highest BCUT2D eigenvalue weighted by Crippen LogP contribution is 2.42. The van der Waals surface area contributed by atoms with Crippen LogP contribution in [0.4, 0.5) is 0 Å². The maximum Gasteiger partial charge on any atom is 0.138 e. The van der Waals surface area contributed by atoms with Gasteiger partial charge in [-0.05, 0) is 31.7 Å². The average Bonchev–Trinajstić information content (AvgIpc) is 2.69. The van der Waals surface area contributed by atoms with E-state index in [1.807, 2.05) is 4.68 Å². The first-order chi connectivity index (χ1) is 7.79. The van der Waals surface area contributed by atoms with E-state index in [1.165, 1.54) is 19.3 Å². The van der Waals surface area contributed by atoms with Gasteiger partial charge < -0.3 is 5.32 Å².